The van der Waals surface area contributed by atoms with Crippen molar-refractivity contribution in [3.63, 3.8) is 0 Å². The molecule has 162 valence electrons. The van der Waals surface area contributed by atoms with Gasteiger partial charge in [0.1, 0.15) is 11.6 Å². The molecule has 0 radical (unpaired) electrons. The molecule has 1 saturated heterocycles. The first-order valence-corrected chi connectivity index (χ1v) is 11.0. The molecule has 2 aliphatic rings. The molecule has 2 aromatic carbocycles. The summed E-state index contributed by atoms with van der Waals surface area (Å²) < 4.78 is 32.9. The van der Waals surface area contributed by atoms with Gasteiger partial charge in [0.25, 0.3) is 0 Å². The molecule has 1 saturated carbocycles. The van der Waals surface area contributed by atoms with Gasteiger partial charge in [0.05, 0.1) is 0 Å². The van der Waals surface area contributed by atoms with Gasteiger partial charge >= 0.3 is 6.03 Å². The summed E-state index contributed by atoms with van der Waals surface area (Å²) in [6.45, 7) is 0.683. The summed E-state index contributed by atoms with van der Waals surface area (Å²) in [6, 6.07) is 9.23. The molecule has 3 aromatic rings. The number of likely N-dealkylation sites (tertiary alicyclic amines) is 1. The Labute approximate surface area is 179 Å². The van der Waals surface area contributed by atoms with Gasteiger partial charge in [-0.25, -0.2) is 18.6 Å². The number of hydrogen-bond donors (Lipinski definition) is 1. The van der Waals surface area contributed by atoms with E-state index in [0.29, 0.717) is 29.1 Å². The molecule has 1 aromatic heterocycles. The Balaban J connectivity index is 1.37. The topological polar surface area (TPSA) is 58.4 Å². The highest BCUT2D eigenvalue weighted by Crippen LogP contribution is 2.34. The van der Waals surface area contributed by atoms with E-state index < -0.39 is 11.6 Å². The van der Waals surface area contributed by atoms with Crippen LogP contribution in [-0.2, 0) is 0 Å². The first kappa shape index (κ1) is 20.0. The molecule has 1 N–H and O–H groups in total. The Morgan fingerprint density at radius 2 is 1.74 bits per heavy atom. The van der Waals surface area contributed by atoms with E-state index >= 15 is 0 Å². The average Bonchev–Trinajstić information content (AvgIpc) is 3.42. The Morgan fingerprint density at radius 3 is 2.55 bits per heavy atom. The van der Waals surface area contributed by atoms with E-state index in [2.05, 4.69) is 10.3 Å². The number of hydrogen-bond acceptors (Lipinski definition) is 3. The third kappa shape index (κ3) is 4.01. The van der Waals surface area contributed by atoms with Crippen LogP contribution in [0.1, 0.15) is 56.9 Å². The van der Waals surface area contributed by atoms with E-state index in [1.165, 1.54) is 31.4 Å². The molecule has 1 aliphatic heterocycles. The van der Waals surface area contributed by atoms with Crippen molar-refractivity contribution in [2.24, 2.45) is 0 Å². The first-order valence-electron chi connectivity index (χ1n) is 11.0. The first-order chi connectivity index (χ1) is 15.1. The summed E-state index contributed by atoms with van der Waals surface area (Å²) in [5.41, 5.74) is 2.54. The minimum atomic E-state index is -0.885. The Bertz CT molecular complexity index is 1110. The minimum absolute atomic E-state index is 0.0425. The molecule has 5 rings (SSSR count). The van der Waals surface area contributed by atoms with Gasteiger partial charge in [-0.2, -0.15) is 0 Å². The third-order valence-corrected chi connectivity index (χ3v) is 6.39. The number of rotatable bonds is 3. The van der Waals surface area contributed by atoms with E-state index in [1.54, 1.807) is 18.2 Å². The maximum absolute atomic E-state index is 13.6. The molecule has 2 heterocycles. The van der Waals surface area contributed by atoms with Crippen LogP contribution in [0.15, 0.2) is 40.8 Å². The number of halogens is 2. The monoisotopic (exact) mass is 425 g/mol. The van der Waals surface area contributed by atoms with Crippen LogP contribution in [0.3, 0.4) is 0 Å². The van der Waals surface area contributed by atoms with Crippen LogP contribution in [0.2, 0.25) is 0 Å². The van der Waals surface area contributed by atoms with E-state index in [-0.39, 0.29) is 18.1 Å². The molecule has 7 heteroatoms. The van der Waals surface area contributed by atoms with Crippen LogP contribution in [0.4, 0.5) is 13.6 Å². The highest BCUT2D eigenvalue weighted by atomic mass is 19.2. The van der Waals surface area contributed by atoms with Crippen LogP contribution in [0.5, 0.6) is 0 Å². The predicted octanol–water partition coefficient (Wildman–Crippen LogP) is 5.95. The number of fused-ring (bicyclic) bond motifs is 1. The Kier molecular flexibility index (Phi) is 5.34. The predicted molar refractivity (Wildman–Crippen MR) is 113 cm³/mol. The van der Waals surface area contributed by atoms with Crippen LogP contribution in [0.25, 0.3) is 22.2 Å². The van der Waals surface area contributed by atoms with E-state index in [0.717, 1.165) is 37.3 Å². The van der Waals surface area contributed by atoms with Crippen LogP contribution >= 0.6 is 0 Å². The van der Waals surface area contributed by atoms with E-state index in [9.17, 15) is 13.6 Å². The number of benzene rings is 2. The number of aromatic nitrogens is 1. The average molecular weight is 425 g/mol. The Morgan fingerprint density at radius 1 is 0.968 bits per heavy atom. The quantitative estimate of drug-likeness (QED) is 0.564. The molecule has 1 atom stereocenters. The number of oxazole rings is 1. The lowest BCUT2D eigenvalue weighted by molar-refractivity contribution is 0.178. The summed E-state index contributed by atoms with van der Waals surface area (Å²) in [5, 5.41) is 3.19. The molecule has 5 nitrogen and oxygen atoms in total. The molecular formula is C24H25F2N3O2. The van der Waals surface area contributed by atoms with E-state index in [1.807, 2.05) is 4.90 Å². The fourth-order valence-corrected chi connectivity index (χ4v) is 4.71. The second kappa shape index (κ2) is 8.29. The molecule has 31 heavy (non-hydrogen) atoms. The summed E-state index contributed by atoms with van der Waals surface area (Å²) in [4.78, 5) is 19.4. The van der Waals surface area contributed by atoms with Gasteiger partial charge in [-0.05, 0) is 61.1 Å². The van der Waals surface area contributed by atoms with Gasteiger partial charge < -0.3 is 14.6 Å². The lowest BCUT2D eigenvalue weighted by Gasteiger charge is -2.28. The largest absolute Gasteiger partial charge is 0.438 e. The molecule has 0 spiro atoms. The van der Waals surface area contributed by atoms with Gasteiger partial charge in [0.15, 0.2) is 17.2 Å². The molecule has 2 amide bonds. The lowest BCUT2D eigenvalue weighted by atomic mass is 9.96. The summed E-state index contributed by atoms with van der Waals surface area (Å²) in [7, 11) is 0. The zero-order chi connectivity index (χ0) is 21.4. The second-order valence-corrected chi connectivity index (χ2v) is 8.50. The molecule has 1 unspecified atom stereocenters. The number of carbonyl (C=O) groups is 1. The summed E-state index contributed by atoms with van der Waals surface area (Å²) in [5.74, 6) is -1.24. The standard InChI is InChI=1S/C24H25F2N3O2/c25-18-10-8-15(13-19(18)26)16-9-11-22-20(14-16)28-23(31-22)21-7-4-12-29(21)24(30)27-17-5-2-1-3-6-17/h8-11,13-14,17,21H,1-7,12H2,(H,27,30). The van der Waals surface area contributed by atoms with Crippen molar-refractivity contribution in [2.45, 2.75) is 57.0 Å². The van der Waals surface area contributed by atoms with Crippen molar-refractivity contribution < 1.29 is 18.0 Å². The third-order valence-electron chi connectivity index (χ3n) is 6.39. The van der Waals surface area contributed by atoms with Gasteiger partial charge in [-0.1, -0.05) is 31.4 Å². The molecule has 0 bridgehead atoms. The van der Waals surface area contributed by atoms with Gasteiger partial charge in [0, 0.05) is 12.6 Å². The summed E-state index contributed by atoms with van der Waals surface area (Å²) in [6.07, 6.45) is 7.37. The summed E-state index contributed by atoms with van der Waals surface area (Å²) >= 11 is 0. The van der Waals surface area contributed by atoms with Gasteiger partial charge in [-0.3, -0.25) is 0 Å². The molecule has 2 fully saturated rings. The van der Waals surface area contributed by atoms with Crippen molar-refractivity contribution in [2.75, 3.05) is 6.54 Å². The smallest absolute Gasteiger partial charge is 0.318 e. The van der Waals surface area contributed by atoms with Crippen molar-refractivity contribution in [3.05, 3.63) is 53.9 Å². The lowest BCUT2D eigenvalue weighted by Crippen LogP contribution is -2.45. The van der Waals surface area contributed by atoms with Crippen LogP contribution in [-0.4, -0.2) is 28.5 Å². The fraction of sp³-hybridized carbons (Fsp3) is 0.417. The van der Waals surface area contributed by atoms with Crippen molar-refractivity contribution in [1.82, 2.24) is 15.2 Å². The van der Waals surface area contributed by atoms with Gasteiger partial charge in [-0.15, -0.1) is 0 Å². The molecule has 1 aliphatic carbocycles. The van der Waals surface area contributed by atoms with E-state index in [4.69, 9.17) is 4.42 Å². The number of nitrogens with zero attached hydrogens (tertiary/aromatic N) is 2. The number of carbonyl (C=O) groups excluding carboxylic acids is 1. The number of urea groups is 1. The van der Waals surface area contributed by atoms with Crippen molar-refractivity contribution in [1.29, 1.82) is 0 Å². The normalized spacial score (nSPS) is 19.8. The Hall–Kier alpha value is -2.96. The zero-order valence-electron chi connectivity index (χ0n) is 17.2. The molecular weight excluding hydrogens is 400 g/mol. The minimum Gasteiger partial charge on any atom is -0.438 e. The second-order valence-electron chi connectivity index (χ2n) is 8.50. The van der Waals surface area contributed by atoms with Crippen molar-refractivity contribution in [3.8, 4) is 11.1 Å². The SMILES string of the molecule is O=C(NC1CCCCC1)N1CCCC1c1nc2cc(-c3ccc(F)c(F)c3)ccc2o1. The maximum Gasteiger partial charge on any atom is 0.318 e. The number of amides is 2. The highest BCUT2D eigenvalue weighted by Gasteiger charge is 2.34. The van der Waals surface area contributed by atoms with Crippen LogP contribution < -0.4 is 5.32 Å². The highest BCUT2D eigenvalue weighted by molar-refractivity contribution is 5.81. The van der Waals surface area contributed by atoms with Gasteiger partial charge in [0.2, 0.25) is 5.89 Å². The zero-order valence-corrected chi connectivity index (χ0v) is 17.2. The van der Waals surface area contributed by atoms with Crippen LogP contribution in [0, 0.1) is 11.6 Å². The fourth-order valence-electron chi connectivity index (χ4n) is 4.71. The van der Waals surface area contributed by atoms with Crippen molar-refractivity contribution >= 4 is 17.1 Å². The maximum atomic E-state index is 13.6. The number of nitrogens with one attached hydrogen (secondary N) is 1.